The molecule has 0 spiro atoms. The fourth-order valence-corrected chi connectivity index (χ4v) is 8.22. The number of hydrogen-bond acceptors (Lipinski definition) is 1. The normalized spacial score (nSPS) is 16.1. The predicted octanol–water partition coefficient (Wildman–Crippen LogP) is 14.0. The van der Waals surface area contributed by atoms with Crippen molar-refractivity contribution in [3.63, 3.8) is 0 Å². The largest absolute Gasteiger partial charge is 0.338 e. The van der Waals surface area contributed by atoms with Gasteiger partial charge in [0.25, 0.3) is 0 Å². The second-order valence-corrected chi connectivity index (χ2v) is 15.2. The topological polar surface area (TPSA) is 3.24 Å². The number of aryl methyl sites for hydroxylation is 4. The average molecular weight is 700 g/mol. The third-order valence-corrected chi connectivity index (χ3v) is 11.2. The van der Waals surface area contributed by atoms with Gasteiger partial charge >= 0.3 is 0 Å². The summed E-state index contributed by atoms with van der Waals surface area (Å²) in [6.45, 7) is 8.57. The molecule has 1 aliphatic carbocycles. The minimum Gasteiger partial charge on any atom is -0.338 e. The molecule has 0 bridgehead atoms. The maximum atomic E-state index is 2.62. The van der Waals surface area contributed by atoms with Crippen molar-refractivity contribution in [2.75, 3.05) is 4.90 Å². The van der Waals surface area contributed by atoms with Crippen LogP contribution in [-0.4, -0.2) is 6.04 Å². The zero-order chi connectivity index (χ0) is 37.0. The lowest BCUT2D eigenvalue weighted by molar-refractivity contribution is 0.642. The zero-order valence-electron chi connectivity index (χ0n) is 32.0. The van der Waals surface area contributed by atoms with E-state index in [2.05, 4.69) is 209 Å². The summed E-state index contributed by atoms with van der Waals surface area (Å²) in [6, 6.07) is 52.1. The van der Waals surface area contributed by atoms with E-state index in [1.165, 1.54) is 103 Å². The number of benzene rings is 6. The summed E-state index contributed by atoms with van der Waals surface area (Å²) in [7, 11) is 0. The Balaban J connectivity index is 1.03. The van der Waals surface area contributed by atoms with Gasteiger partial charge in [-0.1, -0.05) is 180 Å². The van der Waals surface area contributed by atoms with Crippen molar-refractivity contribution in [2.24, 2.45) is 0 Å². The molecule has 266 valence electrons. The van der Waals surface area contributed by atoms with Crippen LogP contribution in [0, 0.1) is 27.7 Å². The molecule has 0 N–H and O–H groups in total. The molecule has 1 heteroatoms. The first-order valence-electron chi connectivity index (χ1n) is 19.5. The number of rotatable bonds is 9. The van der Waals surface area contributed by atoms with Crippen molar-refractivity contribution >= 4 is 34.7 Å². The van der Waals surface area contributed by atoms with Gasteiger partial charge in [0.2, 0.25) is 0 Å². The Hall–Kier alpha value is -5.92. The zero-order valence-corrected chi connectivity index (χ0v) is 32.0. The molecule has 54 heavy (non-hydrogen) atoms. The van der Waals surface area contributed by atoms with E-state index in [4.69, 9.17) is 0 Å². The van der Waals surface area contributed by atoms with E-state index in [9.17, 15) is 0 Å². The van der Waals surface area contributed by atoms with Crippen LogP contribution in [0.4, 0.5) is 11.4 Å². The summed E-state index contributed by atoms with van der Waals surface area (Å²) in [6.07, 6.45) is 17.2. The Kier molecular flexibility index (Phi) is 10.1. The molecule has 1 nitrogen and oxygen atoms in total. The van der Waals surface area contributed by atoms with Gasteiger partial charge in [-0.15, -0.1) is 0 Å². The number of nitrogens with zero attached hydrogens (tertiary/aromatic N) is 1. The Bertz CT molecular complexity index is 2250. The van der Waals surface area contributed by atoms with Gasteiger partial charge in [-0.05, 0) is 115 Å². The van der Waals surface area contributed by atoms with Crippen molar-refractivity contribution in [1.82, 2.24) is 0 Å². The third kappa shape index (κ3) is 7.59. The molecule has 0 amide bonds. The molecule has 6 aromatic carbocycles. The molecule has 8 rings (SSSR count). The molecular weight excluding hydrogens is 651 g/mol. The van der Waals surface area contributed by atoms with E-state index >= 15 is 0 Å². The summed E-state index contributed by atoms with van der Waals surface area (Å²) >= 11 is 0. The first kappa shape index (κ1) is 35.1. The molecule has 2 aliphatic rings. The van der Waals surface area contributed by atoms with Crippen molar-refractivity contribution in [3.05, 3.63) is 225 Å². The highest BCUT2D eigenvalue weighted by atomic mass is 15.2. The Morgan fingerprint density at radius 1 is 0.481 bits per heavy atom. The fourth-order valence-electron chi connectivity index (χ4n) is 8.22. The highest BCUT2D eigenvalue weighted by Crippen LogP contribution is 2.52. The molecule has 1 fully saturated rings. The van der Waals surface area contributed by atoms with Gasteiger partial charge < -0.3 is 4.90 Å². The van der Waals surface area contributed by atoms with Gasteiger partial charge in [-0.3, -0.25) is 0 Å². The van der Waals surface area contributed by atoms with Crippen LogP contribution in [0.2, 0.25) is 0 Å². The quantitative estimate of drug-likeness (QED) is 0.136. The summed E-state index contributed by atoms with van der Waals surface area (Å²) in [5.41, 5.74) is 19.1. The number of hydrogen-bond donors (Lipinski definition) is 0. The third-order valence-electron chi connectivity index (χ3n) is 11.2. The summed E-state index contributed by atoms with van der Waals surface area (Å²) in [5, 5.41) is 0. The second-order valence-electron chi connectivity index (χ2n) is 15.2. The Morgan fingerprint density at radius 3 is 1.37 bits per heavy atom. The first-order valence-corrected chi connectivity index (χ1v) is 19.5. The lowest BCUT2D eigenvalue weighted by Gasteiger charge is -2.27. The van der Waals surface area contributed by atoms with Crippen LogP contribution in [0.25, 0.3) is 23.3 Å². The molecule has 2 atom stereocenters. The molecular formula is C53H49N. The molecule has 0 radical (unpaired) electrons. The number of anilines is 2. The maximum Gasteiger partial charge on any atom is 0.0450 e. The van der Waals surface area contributed by atoms with Crippen LogP contribution in [0.5, 0.6) is 0 Å². The van der Waals surface area contributed by atoms with Gasteiger partial charge in [0.1, 0.15) is 0 Å². The average Bonchev–Trinajstić information content (AvgIpc) is 3.79. The molecule has 1 saturated carbocycles. The SMILES string of the molecule is Cc1ccc(C(=C/C=C/c2ccc(N3c4ccc(/C=C/C=C(c5ccc(C)cc5)c5ccc(C)cc5)cc4C4CCCC43)cc2)c2ccc(C)cc2)cc1. The fraction of sp³-hybridized carbons (Fsp3) is 0.170. The summed E-state index contributed by atoms with van der Waals surface area (Å²) in [4.78, 5) is 2.62. The van der Waals surface area contributed by atoms with Crippen LogP contribution >= 0.6 is 0 Å². The highest BCUT2D eigenvalue weighted by Gasteiger charge is 2.42. The van der Waals surface area contributed by atoms with E-state index in [0.717, 1.165) is 0 Å². The van der Waals surface area contributed by atoms with Crippen LogP contribution in [-0.2, 0) is 0 Å². The smallest absolute Gasteiger partial charge is 0.0450 e. The molecule has 2 unspecified atom stereocenters. The number of allylic oxidation sites excluding steroid dienone is 4. The Morgan fingerprint density at radius 2 is 0.907 bits per heavy atom. The van der Waals surface area contributed by atoms with Gasteiger partial charge in [0.05, 0.1) is 0 Å². The van der Waals surface area contributed by atoms with E-state index < -0.39 is 0 Å². The standard InChI is InChI=1S/C53H49N/c1-37-14-25-43(26-15-37)48(44-27-16-38(2)17-28-44)10-5-8-41-22-33-47(34-23-41)54-52-13-7-12-50(52)51-36-42(24-35-53(51)54)9-6-11-49(45-29-18-39(3)19-30-45)46-31-20-40(4)21-32-46/h5-6,8-11,14-36,50,52H,7,12-13H2,1-4H3/b8-5+,9-6+. The highest BCUT2D eigenvalue weighted by molar-refractivity contribution is 5.83. The van der Waals surface area contributed by atoms with E-state index in [1.54, 1.807) is 0 Å². The van der Waals surface area contributed by atoms with Crippen LogP contribution in [0.15, 0.2) is 164 Å². The monoisotopic (exact) mass is 699 g/mol. The minimum absolute atomic E-state index is 0.518. The van der Waals surface area contributed by atoms with Crippen molar-refractivity contribution < 1.29 is 0 Å². The minimum atomic E-state index is 0.518. The molecule has 1 heterocycles. The second kappa shape index (κ2) is 15.6. The number of fused-ring (bicyclic) bond motifs is 3. The van der Waals surface area contributed by atoms with Gasteiger partial charge in [0, 0.05) is 23.3 Å². The lowest BCUT2D eigenvalue weighted by Crippen LogP contribution is -2.26. The molecule has 0 saturated heterocycles. The van der Waals surface area contributed by atoms with Gasteiger partial charge in [-0.25, -0.2) is 0 Å². The van der Waals surface area contributed by atoms with Gasteiger partial charge in [0.15, 0.2) is 0 Å². The molecule has 0 aromatic heterocycles. The van der Waals surface area contributed by atoms with Crippen LogP contribution in [0.1, 0.15) is 86.4 Å². The first-order chi connectivity index (χ1) is 26.4. The van der Waals surface area contributed by atoms with E-state index in [1.807, 2.05) is 0 Å². The molecule has 1 aliphatic heterocycles. The summed E-state index contributed by atoms with van der Waals surface area (Å²) in [5.74, 6) is 0.575. The van der Waals surface area contributed by atoms with Crippen molar-refractivity contribution in [2.45, 2.75) is 58.9 Å². The van der Waals surface area contributed by atoms with E-state index in [0.29, 0.717) is 12.0 Å². The van der Waals surface area contributed by atoms with Crippen molar-refractivity contribution in [3.8, 4) is 0 Å². The summed E-state index contributed by atoms with van der Waals surface area (Å²) < 4.78 is 0. The Labute approximate surface area is 322 Å². The van der Waals surface area contributed by atoms with Crippen molar-refractivity contribution in [1.29, 1.82) is 0 Å². The van der Waals surface area contributed by atoms with Gasteiger partial charge in [-0.2, -0.15) is 0 Å². The molecule has 6 aromatic rings. The van der Waals surface area contributed by atoms with E-state index in [-0.39, 0.29) is 0 Å². The maximum absolute atomic E-state index is 2.62. The van der Waals surface area contributed by atoms with Crippen LogP contribution in [0.3, 0.4) is 0 Å². The lowest BCUT2D eigenvalue weighted by atomic mass is 9.95. The predicted molar refractivity (Wildman–Crippen MR) is 232 cm³/mol. The van der Waals surface area contributed by atoms with Crippen LogP contribution < -0.4 is 4.90 Å².